The minimum Gasteiger partial charge on any atom is -0.336 e. The summed E-state index contributed by atoms with van der Waals surface area (Å²) in [4.78, 5) is 3.99. The zero-order chi connectivity index (χ0) is 13.0. The number of hydrogen-bond acceptors (Lipinski definition) is 2. The monoisotopic (exact) mass is 267 g/mol. The summed E-state index contributed by atoms with van der Waals surface area (Å²) in [5, 5.41) is 3.48. The summed E-state index contributed by atoms with van der Waals surface area (Å²) in [5.41, 5.74) is 0.884. The third-order valence-corrected chi connectivity index (χ3v) is 2.99. The highest BCUT2D eigenvalue weighted by atomic mass is 35.5. The molecular formula is C13H15ClFN3. The van der Waals surface area contributed by atoms with Crippen LogP contribution in [0.15, 0.2) is 36.9 Å². The van der Waals surface area contributed by atoms with E-state index in [1.165, 1.54) is 6.07 Å². The molecule has 5 heteroatoms. The van der Waals surface area contributed by atoms with Crippen LogP contribution in [0.3, 0.4) is 0 Å². The van der Waals surface area contributed by atoms with Crippen LogP contribution in [-0.4, -0.2) is 15.6 Å². The third-order valence-electron chi connectivity index (χ3n) is 2.68. The minimum atomic E-state index is -0.377. The fraction of sp³-hybridized carbons (Fsp3) is 0.308. The number of benzene rings is 1. The summed E-state index contributed by atoms with van der Waals surface area (Å²) in [7, 11) is 0. The summed E-state index contributed by atoms with van der Waals surface area (Å²) >= 11 is 5.63. The number of aromatic nitrogens is 2. The van der Waals surface area contributed by atoms with Gasteiger partial charge in [-0.15, -0.1) is 0 Å². The highest BCUT2D eigenvalue weighted by Gasteiger charge is 2.04. The first-order chi connectivity index (χ1) is 8.65. The van der Waals surface area contributed by atoms with Gasteiger partial charge in [-0.05, 0) is 24.6 Å². The van der Waals surface area contributed by atoms with Crippen LogP contribution in [0, 0.1) is 5.82 Å². The first-order valence-electron chi connectivity index (χ1n) is 5.78. The summed E-state index contributed by atoms with van der Waals surface area (Å²) in [6.07, 6.45) is 5.45. The second-order valence-corrected chi connectivity index (χ2v) is 4.70. The number of nitrogens with one attached hydrogen (secondary N) is 1. The number of hydrogen-bond donors (Lipinski definition) is 1. The predicted molar refractivity (Wildman–Crippen MR) is 69.9 cm³/mol. The van der Waals surface area contributed by atoms with Crippen molar-refractivity contribution in [3.63, 3.8) is 0 Å². The van der Waals surface area contributed by atoms with Crippen molar-refractivity contribution in [2.24, 2.45) is 0 Å². The van der Waals surface area contributed by atoms with Gasteiger partial charge >= 0.3 is 0 Å². The summed E-state index contributed by atoms with van der Waals surface area (Å²) in [5.74, 6) is -0.377. The molecule has 0 saturated heterocycles. The van der Waals surface area contributed by atoms with Crippen LogP contribution in [0.1, 0.15) is 12.5 Å². The number of nitrogens with zero attached hydrogens (tertiary/aromatic N) is 2. The molecule has 1 unspecified atom stereocenters. The molecule has 1 atom stereocenters. The van der Waals surface area contributed by atoms with Gasteiger partial charge in [-0.3, -0.25) is 0 Å². The summed E-state index contributed by atoms with van der Waals surface area (Å²) in [6, 6.07) is 5.13. The van der Waals surface area contributed by atoms with Crippen molar-refractivity contribution in [2.75, 3.05) is 0 Å². The van der Waals surface area contributed by atoms with Gasteiger partial charge in [-0.2, -0.15) is 0 Å². The van der Waals surface area contributed by atoms with Crippen LogP contribution in [0.5, 0.6) is 0 Å². The van der Waals surface area contributed by atoms with E-state index in [0.29, 0.717) is 6.54 Å². The molecule has 3 nitrogen and oxygen atoms in total. The van der Waals surface area contributed by atoms with Crippen molar-refractivity contribution in [1.82, 2.24) is 14.9 Å². The van der Waals surface area contributed by atoms with E-state index in [1.54, 1.807) is 18.6 Å². The fourth-order valence-corrected chi connectivity index (χ4v) is 1.83. The van der Waals surface area contributed by atoms with Gasteiger partial charge in [-0.25, -0.2) is 9.37 Å². The van der Waals surface area contributed by atoms with Gasteiger partial charge in [0.1, 0.15) is 5.82 Å². The standard InChI is InChI=1S/C13H15ClFN3/c1-10(8-18-5-4-16-9-18)17-7-11-2-3-12(14)13(15)6-11/h2-6,9-10,17H,7-8H2,1H3. The second kappa shape index (κ2) is 5.98. The lowest BCUT2D eigenvalue weighted by Crippen LogP contribution is -2.29. The lowest BCUT2D eigenvalue weighted by Gasteiger charge is -2.14. The van der Waals surface area contributed by atoms with Crippen molar-refractivity contribution in [2.45, 2.75) is 26.1 Å². The van der Waals surface area contributed by atoms with Crippen molar-refractivity contribution in [3.05, 3.63) is 53.3 Å². The molecule has 0 amide bonds. The van der Waals surface area contributed by atoms with Crippen molar-refractivity contribution in [3.8, 4) is 0 Å². The lowest BCUT2D eigenvalue weighted by molar-refractivity contribution is 0.475. The molecule has 0 aliphatic heterocycles. The number of rotatable bonds is 5. The minimum absolute atomic E-state index is 0.158. The van der Waals surface area contributed by atoms with Gasteiger partial charge in [0.25, 0.3) is 0 Å². The van der Waals surface area contributed by atoms with Gasteiger partial charge in [0.2, 0.25) is 0 Å². The molecule has 0 saturated carbocycles. The number of imidazole rings is 1. The Balaban J connectivity index is 1.85. The molecule has 2 aromatic rings. The zero-order valence-corrected chi connectivity index (χ0v) is 10.9. The SMILES string of the molecule is CC(Cn1ccnc1)NCc1ccc(Cl)c(F)c1. The Bertz CT molecular complexity index is 499. The van der Waals surface area contributed by atoms with E-state index >= 15 is 0 Å². The van der Waals surface area contributed by atoms with Gasteiger partial charge < -0.3 is 9.88 Å². The van der Waals surface area contributed by atoms with Crippen LogP contribution in [0.25, 0.3) is 0 Å². The van der Waals surface area contributed by atoms with Crippen molar-refractivity contribution >= 4 is 11.6 Å². The molecule has 96 valence electrons. The third kappa shape index (κ3) is 3.55. The van der Waals surface area contributed by atoms with E-state index in [1.807, 2.05) is 16.8 Å². The average Bonchev–Trinajstić information content (AvgIpc) is 2.83. The zero-order valence-electron chi connectivity index (χ0n) is 10.1. The molecule has 18 heavy (non-hydrogen) atoms. The Morgan fingerprint density at radius 2 is 2.33 bits per heavy atom. The number of halogens is 2. The van der Waals surface area contributed by atoms with Crippen molar-refractivity contribution < 1.29 is 4.39 Å². The molecular weight excluding hydrogens is 253 g/mol. The molecule has 0 aliphatic rings. The first-order valence-corrected chi connectivity index (χ1v) is 6.16. The first kappa shape index (κ1) is 13.1. The molecule has 0 bridgehead atoms. The van der Waals surface area contributed by atoms with E-state index in [4.69, 9.17) is 11.6 Å². The Morgan fingerprint density at radius 3 is 3.00 bits per heavy atom. The van der Waals surface area contributed by atoms with Gasteiger partial charge in [0, 0.05) is 31.5 Å². The highest BCUT2D eigenvalue weighted by Crippen LogP contribution is 2.15. The van der Waals surface area contributed by atoms with Crippen LogP contribution in [0.2, 0.25) is 5.02 Å². The summed E-state index contributed by atoms with van der Waals surface area (Å²) < 4.78 is 15.2. The molecule has 2 rings (SSSR count). The fourth-order valence-electron chi connectivity index (χ4n) is 1.72. The Kier molecular flexibility index (Phi) is 4.33. The molecule has 1 heterocycles. The molecule has 0 radical (unpaired) electrons. The maximum Gasteiger partial charge on any atom is 0.142 e. The lowest BCUT2D eigenvalue weighted by atomic mass is 10.2. The highest BCUT2D eigenvalue weighted by molar-refractivity contribution is 6.30. The Hall–Kier alpha value is -1.39. The van der Waals surface area contributed by atoms with Crippen LogP contribution in [0.4, 0.5) is 4.39 Å². The smallest absolute Gasteiger partial charge is 0.142 e. The van der Waals surface area contributed by atoms with Gasteiger partial charge in [0.15, 0.2) is 0 Å². The van der Waals surface area contributed by atoms with Gasteiger partial charge in [-0.1, -0.05) is 17.7 Å². The Morgan fingerprint density at radius 1 is 1.50 bits per heavy atom. The molecule has 1 N–H and O–H groups in total. The van der Waals surface area contributed by atoms with E-state index in [-0.39, 0.29) is 16.9 Å². The van der Waals surface area contributed by atoms with Crippen molar-refractivity contribution in [1.29, 1.82) is 0 Å². The van der Waals surface area contributed by atoms with Crippen LogP contribution in [-0.2, 0) is 13.1 Å². The molecule has 0 spiro atoms. The van der Waals surface area contributed by atoms with E-state index < -0.39 is 0 Å². The topological polar surface area (TPSA) is 29.9 Å². The molecule has 1 aromatic carbocycles. The largest absolute Gasteiger partial charge is 0.336 e. The Labute approximate surface area is 111 Å². The molecule has 1 aromatic heterocycles. The van der Waals surface area contributed by atoms with Gasteiger partial charge in [0.05, 0.1) is 11.3 Å². The second-order valence-electron chi connectivity index (χ2n) is 4.29. The quantitative estimate of drug-likeness (QED) is 0.903. The molecule has 0 fully saturated rings. The maximum absolute atomic E-state index is 13.2. The molecule has 0 aliphatic carbocycles. The van der Waals surface area contributed by atoms with E-state index in [0.717, 1.165) is 12.1 Å². The van der Waals surface area contributed by atoms with E-state index in [2.05, 4.69) is 17.2 Å². The average molecular weight is 268 g/mol. The summed E-state index contributed by atoms with van der Waals surface area (Å²) in [6.45, 7) is 3.52. The van der Waals surface area contributed by atoms with Crippen LogP contribution >= 0.6 is 11.6 Å². The van der Waals surface area contributed by atoms with E-state index in [9.17, 15) is 4.39 Å². The normalized spacial score (nSPS) is 12.6. The predicted octanol–water partition coefficient (Wildman–Crippen LogP) is 2.85. The maximum atomic E-state index is 13.2. The van der Waals surface area contributed by atoms with Crippen LogP contribution < -0.4 is 5.32 Å².